The van der Waals surface area contributed by atoms with E-state index in [4.69, 9.17) is 0 Å². The van der Waals surface area contributed by atoms with E-state index in [0.29, 0.717) is 0 Å². The molecule has 1 saturated heterocycles. The van der Waals surface area contributed by atoms with E-state index in [9.17, 15) is 0 Å². The molecule has 1 aromatic carbocycles. The fourth-order valence-electron chi connectivity index (χ4n) is 4.04. The topological polar surface area (TPSA) is 18.5 Å². The van der Waals surface area contributed by atoms with Crippen LogP contribution in [0.25, 0.3) is 0 Å². The summed E-state index contributed by atoms with van der Waals surface area (Å²) in [5, 5.41) is 3.87. The van der Waals surface area contributed by atoms with E-state index in [1.807, 2.05) is 0 Å². The van der Waals surface area contributed by atoms with Crippen LogP contribution in [0, 0.1) is 0 Å². The van der Waals surface area contributed by atoms with Crippen LogP contribution in [0.4, 0.5) is 5.69 Å². The van der Waals surface area contributed by atoms with E-state index < -0.39 is 14.4 Å². The Balaban J connectivity index is 2.49. The molecule has 0 aromatic heterocycles. The van der Waals surface area contributed by atoms with Crippen molar-refractivity contribution >= 4 is 35.1 Å². The number of hydrogen-bond donors (Lipinski definition) is 1. The maximum absolute atomic E-state index is 3.87. The first-order valence-electron chi connectivity index (χ1n) is 7.86. The van der Waals surface area contributed by atoms with Crippen molar-refractivity contribution in [2.45, 2.75) is 65.7 Å². The van der Waals surface area contributed by atoms with Crippen molar-refractivity contribution in [3.05, 3.63) is 30.3 Å². The Morgan fingerprint density at radius 3 is 1.68 bits per heavy atom. The van der Waals surface area contributed by atoms with Crippen molar-refractivity contribution in [3.63, 3.8) is 0 Å². The molecule has 124 valence electrons. The summed E-state index contributed by atoms with van der Waals surface area (Å²) < 4.78 is 5.54. The van der Waals surface area contributed by atoms with Gasteiger partial charge < -0.3 is 0 Å². The second-order valence-electron chi connectivity index (χ2n) is 8.48. The molecule has 22 heavy (non-hydrogen) atoms. The van der Waals surface area contributed by atoms with Crippen LogP contribution in [-0.2, 0) is 0 Å². The zero-order valence-corrected chi connectivity index (χ0v) is 18.7. The van der Waals surface area contributed by atoms with Crippen LogP contribution in [0.5, 0.6) is 0 Å². The molecule has 1 fully saturated rings. The molecule has 0 amide bonds. The molecule has 1 aliphatic rings. The molecule has 1 N–H and O–H groups in total. The van der Waals surface area contributed by atoms with Gasteiger partial charge in [-0.3, -0.25) is 0 Å². The van der Waals surface area contributed by atoms with E-state index in [-0.39, 0.29) is 11.1 Å². The van der Waals surface area contributed by atoms with Gasteiger partial charge in [0.05, 0.1) is 0 Å². The number of nitrogens with zero attached hydrogens (tertiary/aromatic N) is 2. The molecular formula is C16H30N3PSeSi. The van der Waals surface area contributed by atoms with Crippen molar-refractivity contribution in [1.29, 1.82) is 0 Å². The average Bonchev–Trinajstić information content (AvgIpc) is 2.23. The first-order valence-corrected chi connectivity index (χ1v) is 14.7. The number of hydrogen-bond acceptors (Lipinski definition) is 3. The van der Waals surface area contributed by atoms with Crippen molar-refractivity contribution in [3.8, 4) is 0 Å². The van der Waals surface area contributed by atoms with E-state index in [0.717, 1.165) is 0 Å². The first kappa shape index (κ1) is 18.4. The van der Waals surface area contributed by atoms with Crippen LogP contribution in [0.3, 0.4) is 0 Å². The Bertz CT molecular complexity index is 562. The minimum absolute atomic E-state index is 0.151. The summed E-state index contributed by atoms with van der Waals surface area (Å²) in [6, 6.07) is 10.6. The third-order valence-corrected chi connectivity index (χ3v) is 19.4. The predicted octanol–water partition coefficient (Wildman–Crippen LogP) is 4.86. The molecule has 2 rings (SSSR count). The van der Waals surface area contributed by atoms with Crippen molar-refractivity contribution in [2.75, 3.05) is 5.09 Å². The van der Waals surface area contributed by atoms with E-state index in [1.165, 1.54) is 5.69 Å². The minimum atomic E-state index is -1.70. The van der Waals surface area contributed by atoms with Gasteiger partial charge in [0, 0.05) is 0 Å². The molecule has 0 radical (unpaired) electrons. The van der Waals surface area contributed by atoms with Crippen LogP contribution in [0.2, 0.25) is 13.1 Å². The number of anilines is 1. The molecule has 0 bridgehead atoms. The van der Waals surface area contributed by atoms with Crippen molar-refractivity contribution in [2.24, 2.45) is 0 Å². The second kappa shape index (κ2) is 5.58. The summed E-state index contributed by atoms with van der Waals surface area (Å²) in [7, 11) is -1.65. The molecule has 1 aromatic rings. The van der Waals surface area contributed by atoms with Crippen LogP contribution in [0.1, 0.15) is 41.5 Å². The van der Waals surface area contributed by atoms with Gasteiger partial charge in [0.25, 0.3) is 0 Å². The van der Waals surface area contributed by atoms with Gasteiger partial charge in [0.15, 0.2) is 0 Å². The Kier molecular flexibility index (Phi) is 4.68. The Morgan fingerprint density at radius 1 is 0.909 bits per heavy atom. The Hall–Kier alpha value is 0.106. The number of benzene rings is 1. The average molecular weight is 402 g/mol. The number of nitrogens with one attached hydrogen (secondary N) is 1. The van der Waals surface area contributed by atoms with Crippen LogP contribution >= 0.6 is 5.96 Å². The van der Waals surface area contributed by atoms with Gasteiger partial charge in [-0.25, -0.2) is 0 Å². The molecular weight excluding hydrogens is 372 g/mol. The fourth-order valence-corrected chi connectivity index (χ4v) is 27.4. The summed E-state index contributed by atoms with van der Waals surface area (Å²) in [5.74, 6) is -1.70. The number of para-hydroxylation sites is 1. The van der Waals surface area contributed by atoms with Crippen LogP contribution < -0.4 is 5.09 Å². The monoisotopic (exact) mass is 403 g/mol. The van der Waals surface area contributed by atoms with Crippen LogP contribution in [0.15, 0.2) is 30.3 Å². The second-order valence-corrected chi connectivity index (χ2v) is 18.4. The zero-order valence-electron chi connectivity index (χ0n) is 15.1. The molecule has 1 aliphatic heterocycles. The number of rotatable bonds is 2. The van der Waals surface area contributed by atoms with Gasteiger partial charge in [0.2, 0.25) is 0 Å². The molecule has 3 nitrogen and oxygen atoms in total. The molecule has 0 unspecified atom stereocenters. The standard InChI is InChI=1S/C16H30N3PSeSi/c1-15(2,3)18-20(21,17-14-12-10-9-11-13-14)19(16(4,5)6)22(18,7)8/h9-13H,1-8H3,(H,17,21). The van der Waals surface area contributed by atoms with Gasteiger partial charge in [-0.15, -0.1) is 0 Å². The maximum atomic E-state index is 3.87. The quantitative estimate of drug-likeness (QED) is 0.563. The summed E-state index contributed by atoms with van der Waals surface area (Å²) in [6.07, 6.45) is 0. The van der Waals surface area contributed by atoms with Gasteiger partial charge in [-0.2, -0.15) is 0 Å². The summed E-state index contributed by atoms with van der Waals surface area (Å²) in [5.41, 5.74) is 1.50. The van der Waals surface area contributed by atoms with E-state index in [2.05, 4.69) is 114 Å². The summed E-state index contributed by atoms with van der Waals surface area (Å²) in [6.45, 7) is 18.9. The molecule has 6 heteroatoms. The van der Waals surface area contributed by atoms with Gasteiger partial charge in [-0.1, -0.05) is 0 Å². The van der Waals surface area contributed by atoms with Crippen LogP contribution in [-0.4, -0.2) is 43.2 Å². The SMILES string of the molecule is CC(C)(C)N1[Si](C)(C)N(C(C)(C)C)P1(=[Se])Nc1ccccc1. The van der Waals surface area contributed by atoms with Gasteiger partial charge in [0.1, 0.15) is 0 Å². The molecule has 0 saturated carbocycles. The molecule has 0 spiro atoms. The van der Waals surface area contributed by atoms with Crippen molar-refractivity contribution in [1.82, 2.24) is 8.67 Å². The van der Waals surface area contributed by atoms with E-state index >= 15 is 0 Å². The van der Waals surface area contributed by atoms with Gasteiger partial charge >= 0.3 is 145 Å². The fraction of sp³-hybridized carbons (Fsp3) is 0.625. The Labute approximate surface area is 145 Å². The third-order valence-electron chi connectivity index (χ3n) is 3.90. The van der Waals surface area contributed by atoms with E-state index in [1.54, 1.807) is 0 Å². The molecule has 1 heterocycles. The predicted molar refractivity (Wildman–Crippen MR) is 103 cm³/mol. The normalized spacial score (nSPS) is 22.2. The summed E-state index contributed by atoms with van der Waals surface area (Å²) >= 11 is 3.59. The zero-order chi connectivity index (χ0) is 17.0. The first-order chi connectivity index (χ1) is 9.81. The van der Waals surface area contributed by atoms with Gasteiger partial charge in [-0.05, 0) is 0 Å². The summed E-state index contributed by atoms with van der Waals surface area (Å²) in [4.78, 5) is 0. The third kappa shape index (κ3) is 3.04. The molecule has 0 aliphatic carbocycles. The molecule has 0 atom stereocenters. The van der Waals surface area contributed by atoms with Crippen molar-refractivity contribution < 1.29 is 0 Å². The Morgan fingerprint density at radius 2 is 1.32 bits per heavy atom.